The van der Waals surface area contributed by atoms with E-state index in [1.807, 2.05) is 72.8 Å². The smallest absolute Gasteiger partial charge is 0.262 e. The molecule has 31 heavy (non-hydrogen) atoms. The molecular weight excluding hydrogens is 390 g/mol. The molecular formula is C25H19N3O3. The molecule has 0 aromatic heterocycles. The number of hydrogen-bond acceptors (Lipinski definition) is 5. The Kier molecular flexibility index (Phi) is 4.73. The Morgan fingerprint density at radius 2 is 1.48 bits per heavy atom. The second kappa shape index (κ2) is 7.71. The van der Waals surface area contributed by atoms with Crippen LogP contribution in [0.4, 0.5) is 5.69 Å². The van der Waals surface area contributed by atoms with Crippen molar-refractivity contribution in [2.75, 3.05) is 5.06 Å². The van der Waals surface area contributed by atoms with Crippen LogP contribution < -0.4 is 5.06 Å². The number of nitrogens with zero attached hydrogens (tertiary/aromatic N) is 3. The van der Waals surface area contributed by atoms with Crippen molar-refractivity contribution < 1.29 is 14.4 Å². The lowest BCUT2D eigenvalue weighted by atomic mass is 9.90. The molecule has 2 saturated heterocycles. The summed E-state index contributed by atoms with van der Waals surface area (Å²) in [7, 11) is 0. The van der Waals surface area contributed by atoms with E-state index in [-0.39, 0.29) is 18.4 Å². The molecule has 2 aliphatic rings. The van der Waals surface area contributed by atoms with Crippen LogP contribution >= 0.6 is 0 Å². The average Bonchev–Trinajstić information content (AvgIpc) is 3.32. The van der Waals surface area contributed by atoms with E-state index in [4.69, 9.17) is 10.1 Å². The number of para-hydroxylation sites is 1. The van der Waals surface area contributed by atoms with E-state index in [1.165, 1.54) is 4.90 Å². The zero-order chi connectivity index (χ0) is 21.4. The summed E-state index contributed by atoms with van der Waals surface area (Å²) >= 11 is 0. The van der Waals surface area contributed by atoms with Gasteiger partial charge in [0.25, 0.3) is 5.91 Å². The van der Waals surface area contributed by atoms with Gasteiger partial charge in [0.15, 0.2) is 6.10 Å². The molecule has 152 valence electrons. The molecule has 3 aromatic rings. The van der Waals surface area contributed by atoms with Gasteiger partial charge in [-0.1, -0.05) is 60.7 Å². The minimum atomic E-state index is -0.878. The monoisotopic (exact) mass is 409 g/mol. The third-order valence-electron chi connectivity index (χ3n) is 5.78. The maximum atomic E-state index is 13.4. The summed E-state index contributed by atoms with van der Waals surface area (Å²) in [6, 6.07) is 27.6. The lowest BCUT2D eigenvalue weighted by molar-refractivity contribution is -0.143. The molecule has 3 aromatic carbocycles. The number of hydroxylamine groups is 1. The van der Waals surface area contributed by atoms with E-state index in [0.717, 1.165) is 16.8 Å². The fourth-order valence-electron chi connectivity index (χ4n) is 4.29. The third kappa shape index (κ3) is 3.25. The lowest BCUT2D eigenvalue weighted by Crippen LogP contribution is -2.36. The Bertz CT molecular complexity index is 1160. The van der Waals surface area contributed by atoms with E-state index in [2.05, 4.69) is 6.07 Å². The van der Waals surface area contributed by atoms with Crippen LogP contribution in [0.3, 0.4) is 0 Å². The summed E-state index contributed by atoms with van der Waals surface area (Å²) in [4.78, 5) is 34.0. The van der Waals surface area contributed by atoms with Gasteiger partial charge in [-0.05, 0) is 35.4 Å². The molecule has 6 nitrogen and oxygen atoms in total. The van der Waals surface area contributed by atoms with Crippen LogP contribution in [0.15, 0.2) is 84.9 Å². The van der Waals surface area contributed by atoms with Crippen molar-refractivity contribution in [1.29, 1.82) is 5.26 Å². The molecule has 0 spiro atoms. The average molecular weight is 409 g/mol. The number of amides is 2. The zero-order valence-electron chi connectivity index (χ0n) is 16.6. The molecule has 5 rings (SSSR count). The van der Waals surface area contributed by atoms with Gasteiger partial charge in [0, 0.05) is 0 Å². The first kappa shape index (κ1) is 19.0. The molecule has 0 aliphatic carbocycles. The largest absolute Gasteiger partial charge is 0.275 e. The van der Waals surface area contributed by atoms with E-state index in [0.29, 0.717) is 5.56 Å². The van der Waals surface area contributed by atoms with Gasteiger partial charge in [-0.25, -0.2) is 5.06 Å². The number of fused-ring (bicyclic) bond motifs is 1. The Morgan fingerprint density at radius 1 is 0.839 bits per heavy atom. The SMILES string of the molecule is N#Cc1ccc([C@@H]2[C@@H]3C(=O)N(Cc4ccccc4)C(=O)[C@@H]3ON2c2ccccc2)cc1. The number of rotatable bonds is 4. The van der Waals surface area contributed by atoms with Gasteiger partial charge >= 0.3 is 0 Å². The number of likely N-dealkylation sites (tertiary alicyclic amines) is 1. The first-order chi connectivity index (χ1) is 15.2. The van der Waals surface area contributed by atoms with Gasteiger partial charge < -0.3 is 0 Å². The number of carbonyl (C=O) groups is 2. The van der Waals surface area contributed by atoms with Crippen LogP contribution in [0.5, 0.6) is 0 Å². The lowest BCUT2D eigenvalue weighted by Gasteiger charge is -2.28. The van der Waals surface area contributed by atoms with E-state index < -0.39 is 18.1 Å². The van der Waals surface area contributed by atoms with E-state index in [1.54, 1.807) is 17.2 Å². The number of hydrogen-bond donors (Lipinski definition) is 0. The first-order valence-electron chi connectivity index (χ1n) is 10.1. The maximum absolute atomic E-state index is 13.4. The Labute approximate surface area is 179 Å². The molecule has 6 heteroatoms. The van der Waals surface area contributed by atoms with Crippen LogP contribution in [0.2, 0.25) is 0 Å². The van der Waals surface area contributed by atoms with Crippen molar-refractivity contribution in [3.8, 4) is 6.07 Å². The van der Waals surface area contributed by atoms with Crippen molar-refractivity contribution in [3.05, 3.63) is 102 Å². The molecule has 2 heterocycles. The summed E-state index contributed by atoms with van der Waals surface area (Å²) in [6.45, 7) is 0.223. The predicted molar refractivity (Wildman–Crippen MR) is 113 cm³/mol. The fourth-order valence-corrected chi connectivity index (χ4v) is 4.29. The molecule has 0 radical (unpaired) electrons. The van der Waals surface area contributed by atoms with Gasteiger partial charge in [0.2, 0.25) is 5.91 Å². The highest BCUT2D eigenvalue weighted by Gasteiger charge is 2.59. The summed E-state index contributed by atoms with van der Waals surface area (Å²) in [5, 5.41) is 10.8. The van der Waals surface area contributed by atoms with Gasteiger partial charge in [-0.2, -0.15) is 5.26 Å². The van der Waals surface area contributed by atoms with Crippen molar-refractivity contribution in [2.45, 2.75) is 18.7 Å². The molecule has 0 bridgehead atoms. The number of anilines is 1. The van der Waals surface area contributed by atoms with E-state index >= 15 is 0 Å². The normalized spacial score (nSPS) is 22.5. The molecule has 2 aliphatic heterocycles. The number of carbonyl (C=O) groups excluding carboxylic acids is 2. The van der Waals surface area contributed by atoms with Gasteiger partial charge in [0.1, 0.15) is 5.92 Å². The van der Waals surface area contributed by atoms with Crippen molar-refractivity contribution in [1.82, 2.24) is 4.90 Å². The summed E-state index contributed by atoms with van der Waals surface area (Å²) in [5.41, 5.74) is 3.00. The summed E-state index contributed by atoms with van der Waals surface area (Å²) < 4.78 is 0. The Balaban J connectivity index is 1.52. The molecule has 0 N–H and O–H groups in total. The van der Waals surface area contributed by atoms with Gasteiger partial charge in [0.05, 0.1) is 29.9 Å². The second-order valence-electron chi connectivity index (χ2n) is 7.64. The number of benzene rings is 3. The Hall–Kier alpha value is -3.95. The minimum absolute atomic E-state index is 0.223. The minimum Gasteiger partial charge on any atom is -0.275 e. The quantitative estimate of drug-likeness (QED) is 0.616. The molecule has 2 amide bonds. The topological polar surface area (TPSA) is 73.6 Å². The number of imide groups is 1. The highest BCUT2D eigenvalue weighted by atomic mass is 16.7. The van der Waals surface area contributed by atoms with Crippen molar-refractivity contribution in [3.63, 3.8) is 0 Å². The van der Waals surface area contributed by atoms with Crippen LogP contribution in [-0.2, 0) is 21.0 Å². The fraction of sp³-hybridized carbons (Fsp3) is 0.160. The van der Waals surface area contributed by atoms with Gasteiger partial charge in [-0.3, -0.25) is 19.3 Å². The second-order valence-corrected chi connectivity index (χ2v) is 7.64. The molecule has 3 atom stereocenters. The van der Waals surface area contributed by atoms with Crippen LogP contribution in [0.1, 0.15) is 22.7 Å². The van der Waals surface area contributed by atoms with Crippen LogP contribution in [-0.4, -0.2) is 22.8 Å². The predicted octanol–water partition coefficient (Wildman–Crippen LogP) is 3.60. The van der Waals surface area contributed by atoms with Gasteiger partial charge in [-0.15, -0.1) is 0 Å². The van der Waals surface area contributed by atoms with Crippen molar-refractivity contribution in [2.24, 2.45) is 5.92 Å². The maximum Gasteiger partial charge on any atom is 0.262 e. The molecule has 0 saturated carbocycles. The summed E-state index contributed by atoms with van der Waals surface area (Å²) in [5.74, 6) is -1.23. The van der Waals surface area contributed by atoms with Crippen LogP contribution in [0, 0.1) is 17.2 Å². The highest BCUT2D eigenvalue weighted by molar-refractivity contribution is 6.07. The Morgan fingerprint density at radius 3 is 2.13 bits per heavy atom. The molecule has 2 fully saturated rings. The third-order valence-corrected chi connectivity index (χ3v) is 5.78. The molecule has 0 unspecified atom stereocenters. The van der Waals surface area contributed by atoms with E-state index in [9.17, 15) is 9.59 Å². The van der Waals surface area contributed by atoms with Crippen LogP contribution in [0.25, 0.3) is 0 Å². The van der Waals surface area contributed by atoms with Crippen molar-refractivity contribution >= 4 is 17.5 Å². The first-order valence-corrected chi connectivity index (χ1v) is 10.1. The number of nitriles is 1. The highest BCUT2D eigenvalue weighted by Crippen LogP contribution is 2.46. The zero-order valence-corrected chi connectivity index (χ0v) is 16.6. The standard InChI is InChI=1S/C25H19N3O3/c26-15-17-11-13-19(14-12-17)22-21-23(31-28(22)20-9-5-2-6-10-20)25(30)27(24(21)29)16-18-7-3-1-4-8-18/h1-14,21-23H,16H2/t21-,22+,23+/m0/s1. The summed E-state index contributed by atoms with van der Waals surface area (Å²) in [6.07, 6.45) is -0.878.